The summed E-state index contributed by atoms with van der Waals surface area (Å²) in [5.74, 6) is -0.230. The first-order valence-electron chi connectivity index (χ1n) is 8.32. The molecule has 128 valence electrons. The number of nitrogens with zero attached hydrogens (tertiary/aromatic N) is 1. The highest BCUT2D eigenvalue weighted by molar-refractivity contribution is 5.74. The van der Waals surface area contributed by atoms with E-state index in [2.05, 4.69) is 10.6 Å². The summed E-state index contributed by atoms with van der Waals surface area (Å²) in [6, 6.07) is 6.49. The summed E-state index contributed by atoms with van der Waals surface area (Å²) < 4.78 is 13.9. The molecular weight excluding hydrogens is 297 g/mol. The van der Waals surface area contributed by atoms with E-state index in [4.69, 9.17) is 0 Å². The molecule has 1 fully saturated rings. The predicted molar refractivity (Wildman–Crippen MR) is 89.1 cm³/mol. The van der Waals surface area contributed by atoms with E-state index in [1.54, 1.807) is 12.1 Å². The van der Waals surface area contributed by atoms with E-state index in [1.807, 2.05) is 17.9 Å². The average Bonchev–Trinajstić information content (AvgIpc) is 2.55. The van der Waals surface area contributed by atoms with Gasteiger partial charge in [0.1, 0.15) is 5.82 Å². The summed E-state index contributed by atoms with van der Waals surface area (Å²) in [7, 11) is 0. The Hall–Kier alpha value is -1.82. The van der Waals surface area contributed by atoms with Gasteiger partial charge in [-0.1, -0.05) is 19.1 Å². The van der Waals surface area contributed by atoms with E-state index in [1.165, 1.54) is 6.07 Å². The second-order valence-corrected chi connectivity index (χ2v) is 5.99. The maximum Gasteiger partial charge on any atom is 0.315 e. The number of aliphatic hydroxyl groups excluding tert-OH is 1. The first kappa shape index (κ1) is 17.5. The minimum Gasteiger partial charge on any atom is -0.393 e. The molecule has 0 bridgehead atoms. The van der Waals surface area contributed by atoms with Crippen LogP contribution in [0.5, 0.6) is 0 Å². The monoisotopic (exact) mass is 323 g/mol. The molecule has 3 N–H and O–H groups in total. The SMILES string of the molecule is CCC(O)CCNC(=O)NC1CCCN(c2ccccc2F)C1. The number of para-hydroxylation sites is 1. The van der Waals surface area contributed by atoms with Gasteiger partial charge in [0, 0.05) is 25.7 Å². The van der Waals surface area contributed by atoms with Gasteiger partial charge in [-0.3, -0.25) is 0 Å². The van der Waals surface area contributed by atoms with Crippen LogP contribution in [0.3, 0.4) is 0 Å². The Balaban J connectivity index is 1.80. The zero-order chi connectivity index (χ0) is 16.7. The minimum atomic E-state index is -0.374. The lowest BCUT2D eigenvalue weighted by atomic mass is 10.0. The van der Waals surface area contributed by atoms with Crippen LogP contribution in [0.1, 0.15) is 32.6 Å². The molecule has 0 aromatic heterocycles. The maximum absolute atomic E-state index is 13.9. The summed E-state index contributed by atoms with van der Waals surface area (Å²) in [6.07, 6.45) is 2.66. The second-order valence-electron chi connectivity index (χ2n) is 5.99. The molecule has 6 heteroatoms. The Morgan fingerprint density at radius 1 is 1.48 bits per heavy atom. The van der Waals surface area contributed by atoms with Crippen LogP contribution in [0.15, 0.2) is 24.3 Å². The molecule has 0 saturated carbocycles. The molecule has 5 nitrogen and oxygen atoms in total. The molecule has 2 unspecified atom stereocenters. The fourth-order valence-electron chi connectivity index (χ4n) is 2.81. The van der Waals surface area contributed by atoms with Gasteiger partial charge in [-0.15, -0.1) is 0 Å². The zero-order valence-corrected chi connectivity index (χ0v) is 13.6. The number of amides is 2. The first-order chi connectivity index (χ1) is 11.1. The Morgan fingerprint density at radius 2 is 2.26 bits per heavy atom. The van der Waals surface area contributed by atoms with Crippen molar-refractivity contribution >= 4 is 11.7 Å². The standard InChI is InChI=1S/C17H26FN3O2/c1-2-14(22)9-10-19-17(23)20-13-6-5-11-21(12-13)16-8-4-3-7-15(16)18/h3-4,7-8,13-14,22H,2,5-6,9-12H2,1H3,(H2,19,20,23). The summed E-state index contributed by atoms with van der Waals surface area (Å²) in [6.45, 7) is 3.75. The van der Waals surface area contributed by atoms with Crippen LogP contribution in [0.25, 0.3) is 0 Å². The van der Waals surface area contributed by atoms with Crippen LogP contribution in [0.4, 0.5) is 14.9 Å². The molecule has 0 aliphatic carbocycles. The number of rotatable bonds is 6. The molecule has 1 aliphatic heterocycles. The number of urea groups is 1. The predicted octanol–water partition coefficient (Wildman–Crippen LogP) is 2.25. The van der Waals surface area contributed by atoms with E-state index < -0.39 is 0 Å². The van der Waals surface area contributed by atoms with Gasteiger partial charge in [-0.25, -0.2) is 9.18 Å². The third-order valence-corrected chi connectivity index (χ3v) is 4.18. The fraction of sp³-hybridized carbons (Fsp3) is 0.588. The van der Waals surface area contributed by atoms with Gasteiger partial charge < -0.3 is 20.6 Å². The summed E-state index contributed by atoms with van der Waals surface area (Å²) in [4.78, 5) is 13.9. The van der Waals surface area contributed by atoms with E-state index >= 15 is 0 Å². The molecule has 1 aromatic rings. The van der Waals surface area contributed by atoms with Gasteiger partial charge in [0.2, 0.25) is 0 Å². The van der Waals surface area contributed by atoms with Crippen LogP contribution < -0.4 is 15.5 Å². The molecule has 2 amide bonds. The second kappa shape index (κ2) is 8.72. The number of carbonyl (C=O) groups is 1. The Morgan fingerprint density at radius 3 is 3.00 bits per heavy atom. The van der Waals surface area contributed by atoms with Crippen molar-refractivity contribution in [3.8, 4) is 0 Å². The number of piperidine rings is 1. The van der Waals surface area contributed by atoms with Crippen molar-refractivity contribution in [3.63, 3.8) is 0 Å². The van der Waals surface area contributed by atoms with Gasteiger partial charge in [-0.2, -0.15) is 0 Å². The minimum absolute atomic E-state index is 0.000505. The normalized spacial score (nSPS) is 19.3. The van der Waals surface area contributed by atoms with Gasteiger partial charge in [0.05, 0.1) is 11.8 Å². The van der Waals surface area contributed by atoms with Crippen LogP contribution in [0.2, 0.25) is 0 Å². The average molecular weight is 323 g/mol. The van der Waals surface area contributed by atoms with Crippen LogP contribution in [-0.2, 0) is 0 Å². The molecular formula is C17H26FN3O2. The number of nitrogens with one attached hydrogen (secondary N) is 2. The van der Waals surface area contributed by atoms with Crippen LogP contribution in [0, 0.1) is 5.82 Å². The smallest absolute Gasteiger partial charge is 0.315 e. The number of hydrogen-bond donors (Lipinski definition) is 3. The van der Waals surface area contributed by atoms with Gasteiger partial charge in [0.15, 0.2) is 0 Å². The molecule has 0 radical (unpaired) electrons. The number of hydrogen-bond acceptors (Lipinski definition) is 3. The van der Waals surface area contributed by atoms with Crippen LogP contribution >= 0.6 is 0 Å². The fourth-order valence-corrected chi connectivity index (χ4v) is 2.81. The highest BCUT2D eigenvalue weighted by Gasteiger charge is 2.23. The van der Waals surface area contributed by atoms with Gasteiger partial charge >= 0.3 is 6.03 Å². The van der Waals surface area contributed by atoms with E-state index in [9.17, 15) is 14.3 Å². The quantitative estimate of drug-likeness (QED) is 0.752. The van der Waals surface area contributed by atoms with Crippen molar-refractivity contribution in [2.45, 2.75) is 44.8 Å². The van der Waals surface area contributed by atoms with Crippen molar-refractivity contribution in [3.05, 3.63) is 30.1 Å². The molecule has 1 heterocycles. The summed E-state index contributed by atoms with van der Waals surface area (Å²) >= 11 is 0. The molecule has 2 rings (SSSR count). The third kappa shape index (κ3) is 5.39. The highest BCUT2D eigenvalue weighted by atomic mass is 19.1. The zero-order valence-electron chi connectivity index (χ0n) is 13.6. The Bertz CT molecular complexity index is 512. The number of halogens is 1. The molecule has 2 atom stereocenters. The Labute approximate surface area is 136 Å². The largest absolute Gasteiger partial charge is 0.393 e. The van der Waals surface area contributed by atoms with Gasteiger partial charge in [-0.05, 0) is 37.8 Å². The van der Waals surface area contributed by atoms with Crippen molar-refractivity contribution in [1.29, 1.82) is 0 Å². The van der Waals surface area contributed by atoms with E-state index in [0.717, 1.165) is 19.4 Å². The maximum atomic E-state index is 13.9. The van der Waals surface area contributed by atoms with Crippen molar-refractivity contribution in [2.75, 3.05) is 24.5 Å². The molecule has 1 aliphatic rings. The number of anilines is 1. The number of carbonyl (C=O) groups excluding carboxylic acids is 1. The molecule has 0 spiro atoms. The van der Waals surface area contributed by atoms with Gasteiger partial charge in [0.25, 0.3) is 0 Å². The van der Waals surface area contributed by atoms with E-state index in [0.29, 0.717) is 31.6 Å². The lowest BCUT2D eigenvalue weighted by molar-refractivity contribution is 0.160. The molecule has 1 aromatic carbocycles. The summed E-state index contributed by atoms with van der Waals surface area (Å²) in [5, 5.41) is 15.2. The first-order valence-corrected chi connectivity index (χ1v) is 8.32. The van der Waals surface area contributed by atoms with E-state index in [-0.39, 0.29) is 24.0 Å². The van der Waals surface area contributed by atoms with Crippen molar-refractivity contribution in [2.24, 2.45) is 0 Å². The lowest BCUT2D eigenvalue weighted by Crippen LogP contribution is -2.51. The molecule has 1 saturated heterocycles. The molecule has 23 heavy (non-hydrogen) atoms. The van der Waals surface area contributed by atoms with Crippen molar-refractivity contribution in [1.82, 2.24) is 10.6 Å². The third-order valence-electron chi connectivity index (χ3n) is 4.18. The van der Waals surface area contributed by atoms with Crippen molar-refractivity contribution < 1.29 is 14.3 Å². The lowest BCUT2D eigenvalue weighted by Gasteiger charge is -2.34. The Kier molecular flexibility index (Phi) is 6.65. The highest BCUT2D eigenvalue weighted by Crippen LogP contribution is 2.22. The topological polar surface area (TPSA) is 64.6 Å². The summed E-state index contributed by atoms with van der Waals surface area (Å²) in [5.41, 5.74) is 0.588. The number of aliphatic hydroxyl groups is 1. The number of benzene rings is 1. The van der Waals surface area contributed by atoms with Crippen LogP contribution in [-0.4, -0.2) is 42.9 Å².